The third-order valence-corrected chi connectivity index (χ3v) is 10.6. The molecule has 3 aliphatic heterocycles. The van der Waals surface area contributed by atoms with E-state index in [-0.39, 0.29) is 42.7 Å². The zero-order valence-corrected chi connectivity index (χ0v) is 25.7. The van der Waals surface area contributed by atoms with Crippen molar-refractivity contribution in [2.75, 3.05) is 51.3 Å². The molecule has 238 valence electrons. The van der Waals surface area contributed by atoms with Crippen molar-refractivity contribution < 1.29 is 36.6 Å². The molecule has 2 N–H and O–H groups in total. The number of hydrogen-bond donors (Lipinski definition) is 2. The maximum atomic E-state index is 14.0. The summed E-state index contributed by atoms with van der Waals surface area (Å²) in [5.41, 5.74) is 1.20. The fourth-order valence-corrected chi connectivity index (χ4v) is 7.85. The van der Waals surface area contributed by atoms with Crippen molar-refractivity contribution in [2.45, 2.75) is 68.5 Å². The van der Waals surface area contributed by atoms with Crippen LogP contribution in [-0.2, 0) is 40.5 Å². The lowest BCUT2D eigenvalue weighted by Gasteiger charge is -2.29. The fraction of sp³-hybridized carbons (Fsp3) is 0.643. The largest absolute Gasteiger partial charge is 0.417 e. The second kappa shape index (κ2) is 13.1. The van der Waals surface area contributed by atoms with E-state index in [1.54, 1.807) is 4.68 Å². The lowest BCUT2D eigenvalue weighted by Crippen LogP contribution is -2.39. The summed E-state index contributed by atoms with van der Waals surface area (Å²) < 4.78 is 69.8. The number of alkyl halides is 3. The molecule has 0 spiro atoms. The molecule has 5 rings (SSSR count). The Bertz CT molecular complexity index is 1430. The number of thioether (sulfide) groups is 1. The Hall–Kier alpha value is -2.17. The molecule has 2 aromatic rings. The van der Waals surface area contributed by atoms with E-state index in [4.69, 9.17) is 5.10 Å². The van der Waals surface area contributed by atoms with Crippen LogP contribution in [0.25, 0.3) is 11.3 Å². The van der Waals surface area contributed by atoms with Gasteiger partial charge in [0.25, 0.3) is 0 Å². The normalized spacial score (nSPS) is 21.3. The summed E-state index contributed by atoms with van der Waals surface area (Å²) in [6, 6.07) is 3.65. The highest BCUT2D eigenvalue weighted by Crippen LogP contribution is 2.40. The van der Waals surface area contributed by atoms with Gasteiger partial charge in [0, 0.05) is 60.9 Å². The molecule has 0 bridgehead atoms. The number of aromatic nitrogens is 2. The zero-order valence-electron chi connectivity index (χ0n) is 24.1. The minimum atomic E-state index is -4.65. The highest BCUT2D eigenvalue weighted by atomic mass is 32.2. The van der Waals surface area contributed by atoms with Gasteiger partial charge in [-0.15, -0.1) is 11.8 Å². The minimum absolute atomic E-state index is 0.0188. The maximum absolute atomic E-state index is 14.0. The van der Waals surface area contributed by atoms with E-state index < -0.39 is 34.0 Å². The molecule has 15 heteroatoms. The summed E-state index contributed by atoms with van der Waals surface area (Å²) >= 11 is 0.779. The standard InChI is InChI=1S/C28H38F3N5O5S2/c1-43(40,41)35-12-8-24-22(17-35)27(32-36(24)16-21(38)14-33-9-3-2-4-10-33)19-5-6-23(28(29,30)31)25(13-19)42-18-26(39)34-11-7-20(37)15-34/h5-6,13,20-21,37-38H,2-4,7-12,14-18H2,1H3/t20-,21?/m0/s1. The first kappa shape index (κ1) is 32.2. The Kier molecular flexibility index (Phi) is 9.78. The number of nitrogens with zero attached hydrogens (tertiary/aromatic N) is 5. The van der Waals surface area contributed by atoms with Gasteiger partial charge in [0.15, 0.2) is 0 Å². The smallest absolute Gasteiger partial charge is 0.391 e. The van der Waals surface area contributed by atoms with Crippen molar-refractivity contribution >= 4 is 27.7 Å². The molecule has 4 heterocycles. The number of carbonyl (C=O) groups is 1. The zero-order chi connectivity index (χ0) is 30.9. The van der Waals surface area contributed by atoms with Crippen LogP contribution in [0.3, 0.4) is 0 Å². The number of halogens is 3. The molecule has 1 amide bonds. The first-order valence-electron chi connectivity index (χ1n) is 14.5. The molecule has 43 heavy (non-hydrogen) atoms. The monoisotopic (exact) mass is 645 g/mol. The molecule has 3 aliphatic rings. The molecule has 1 unspecified atom stereocenters. The second-order valence-electron chi connectivity index (χ2n) is 11.6. The molecule has 0 aliphatic carbocycles. The number of aliphatic hydroxyl groups excluding tert-OH is 2. The highest BCUT2D eigenvalue weighted by Gasteiger charge is 2.36. The van der Waals surface area contributed by atoms with Crippen LogP contribution in [0.15, 0.2) is 23.1 Å². The number of rotatable bonds is 9. The van der Waals surface area contributed by atoms with Crippen molar-refractivity contribution in [1.29, 1.82) is 0 Å². The van der Waals surface area contributed by atoms with Crippen LogP contribution >= 0.6 is 11.8 Å². The Morgan fingerprint density at radius 2 is 1.88 bits per heavy atom. The van der Waals surface area contributed by atoms with Gasteiger partial charge in [-0.2, -0.15) is 22.6 Å². The number of hydrogen-bond acceptors (Lipinski definition) is 8. The number of fused-ring (bicyclic) bond motifs is 1. The number of amides is 1. The molecule has 0 radical (unpaired) electrons. The molecular weight excluding hydrogens is 607 g/mol. The van der Waals surface area contributed by atoms with Crippen molar-refractivity contribution in [2.24, 2.45) is 0 Å². The average Bonchev–Trinajstić information content (AvgIpc) is 3.54. The lowest BCUT2D eigenvalue weighted by atomic mass is 10.0. The van der Waals surface area contributed by atoms with E-state index in [1.165, 1.54) is 27.8 Å². The van der Waals surface area contributed by atoms with Gasteiger partial charge in [-0.05, 0) is 44.5 Å². The van der Waals surface area contributed by atoms with Gasteiger partial charge in [0.1, 0.15) is 0 Å². The fourth-order valence-electron chi connectivity index (χ4n) is 6.05. The van der Waals surface area contributed by atoms with Crippen LogP contribution in [-0.4, -0.2) is 112 Å². The van der Waals surface area contributed by atoms with E-state index in [1.807, 2.05) is 0 Å². The Morgan fingerprint density at radius 3 is 2.53 bits per heavy atom. The third-order valence-electron chi connectivity index (χ3n) is 8.30. The van der Waals surface area contributed by atoms with Crippen molar-refractivity contribution in [1.82, 2.24) is 23.9 Å². The number of piperidine rings is 1. The number of sulfonamides is 1. The molecule has 2 atom stereocenters. The Balaban J connectivity index is 1.46. The van der Waals surface area contributed by atoms with Crippen LogP contribution in [0.4, 0.5) is 13.2 Å². The third kappa shape index (κ3) is 7.74. The van der Waals surface area contributed by atoms with E-state index in [9.17, 15) is 36.6 Å². The molecule has 2 fully saturated rings. The summed E-state index contributed by atoms with van der Waals surface area (Å²) in [6.07, 6.45) is -0.779. The van der Waals surface area contributed by atoms with Crippen LogP contribution in [0.2, 0.25) is 0 Å². The molecule has 1 aromatic carbocycles. The molecular formula is C28H38F3N5O5S2. The summed E-state index contributed by atoms with van der Waals surface area (Å²) in [7, 11) is -3.54. The number of β-amino-alcohol motifs (C(OH)–C–C–N with tert-alkyl or cyclic N) is 2. The van der Waals surface area contributed by atoms with Crippen LogP contribution < -0.4 is 0 Å². The Morgan fingerprint density at radius 1 is 1.14 bits per heavy atom. The van der Waals surface area contributed by atoms with Gasteiger partial charge in [-0.1, -0.05) is 12.5 Å². The van der Waals surface area contributed by atoms with Gasteiger partial charge < -0.3 is 20.0 Å². The molecule has 10 nitrogen and oxygen atoms in total. The summed E-state index contributed by atoms with van der Waals surface area (Å²) in [6.45, 7) is 3.25. The predicted octanol–water partition coefficient (Wildman–Crippen LogP) is 2.42. The van der Waals surface area contributed by atoms with E-state index in [2.05, 4.69) is 4.90 Å². The van der Waals surface area contributed by atoms with Crippen molar-refractivity contribution in [3.05, 3.63) is 35.0 Å². The Labute approximate surface area is 253 Å². The quantitative estimate of drug-likeness (QED) is 0.400. The SMILES string of the molecule is CS(=O)(=O)N1CCc2c(c(-c3ccc(C(F)(F)F)c(SCC(=O)N4CC[C@H](O)C4)c3)nn2CC(O)CN2CCCCC2)C1. The van der Waals surface area contributed by atoms with Gasteiger partial charge >= 0.3 is 6.18 Å². The first-order valence-corrected chi connectivity index (χ1v) is 17.4. The number of carbonyl (C=O) groups excluding carboxylic acids is 1. The van der Waals surface area contributed by atoms with E-state index >= 15 is 0 Å². The minimum Gasteiger partial charge on any atom is -0.391 e. The van der Waals surface area contributed by atoms with E-state index in [0.29, 0.717) is 42.8 Å². The number of benzene rings is 1. The van der Waals surface area contributed by atoms with Crippen LogP contribution in [0, 0.1) is 0 Å². The highest BCUT2D eigenvalue weighted by molar-refractivity contribution is 8.00. The molecule has 0 saturated carbocycles. The predicted molar refractivity (Wildman–Crippen MR) is 156 cm³/mol. The molecule has 2 saturated heterocycles. The van der Waals surface area contributed by atoms with Gasteiger partial charge in [-0.25, -0.2) is 8.42 Å². The van der Waals surface area contributed by atoms with Gasteiger partial charge in [-0.3, -0.25) is 9.48 Å². The average molecular weight is 646 g/mol. The maximum Gasteiger partial charge on any atom is 0.417 e. The number of likely N-dealkylation sites (tertiary alicyclic amines) is 2. The van der Waals surface area contributed by atoms with Gasteiger partial charge in [0.05, 0.1) is 42.0 Å². The summed E-state index contributed by atoms with van der Waals surface area (Å²) in [5, 5.41) is 25.4. The van der Waals surface area contributed by atoms with E-state index in [0.717, 1.165) is 55.7 Å². The topological polar surface area (TPSA) is 119 Å². The second-order valence-corrected chi connectivity index (χ2v) is 14.6. The van der Waals surface area contributed by atoms with Crippen molar-refractivity contribution in [3.63, 3.8) is 0 Å². The van der Waals surface area contributed by atoms with Gasteiger partial charge in [0.2, 0.25) is 15.9 Å². The van der Waals surface area contributed by atoms with Crippen LogP contribution in [0.5, 0.6) is 0 Å². The van der Waals surface area contributed by atoms with Crippen molar-refractivity contribution in [3.8, 4) is 11.3 Å². The lowest BCUT2D eigenvalue weighted by molar-refractivity contribution is -0.139. The summed E-state index contributed by atoms with van der Waals surface area (Å²) in [5.74, 6) is -0.579. The number of aliphatic hydroxyl groups is 2. The molecule has 1 aromatic heterocycles. The van der Waals surface area contributed by atoms with Crippen LogP contribution in [0.1, 0.15) is 42.5 Å². The summed E-state index contributed by atoms with van der Waals surface area (Å²) in [4.78, 5) is 16.2. The first-order chi connectivity index (χ1) is 20.3.